The number of ether oxygens (including phenoxy) is 1. The second-order valence-electron chi connectivity index (χ2n) is 11.3. The molecule has 0 saturated carbocycles. The van der Waals surface area contributed by atoms with Crippen molar-refractivity contribution in [2.75, 3.05) is 17.3 Å². The van der Waals surface area contributed by atoms with Crippen molar-refractivity contribution in [1.82, 2.24) is 0 Å². The Bertz CT molecular complexity index is 1790. The van der Waals surface area contributed by atoms with Crippen molar-refractivity contribution >= 4 is 34.4 Å². The molecule has 4 aromatic rings. The lowest BCUT2D eigenvalue weighted by atomic mass is 9.64. The number of anilines is 2. The van der Waals surface area contributed by atoms with Gasteiger partial charge in [0.1, 0.15) is 17.2 Å². The van der Waals surface area contributed by atoms with Crippen molar-refractivity contribution < 1.29 is 19.1 Å². The Morgan fingerprint density at radius 3 is 2.26 bits per heavy atom. The summed E-state index contributed by atoms with van der Waals surface area (Å²) in [6.45, 7) is 4.07. The summed E-state index contributed by atoms with van der Waals surface area (Å²) in [6.07, 6.45) is 2.08. The lowest BCUT2D eigenvalue weighted by molar-refractivity contribution is -0.121. The van der Waals surface area contributed by atoms with E-state index in [9.17, 15) is 14.4 Å². The van der Waals surface area contributed by atoms with E-state index in [4.69, 9.17) is 4.74 Å². The number of fused-ring (bicyclic) bond motifs is 6. The number of rotatable bonds is 5. The summed E-state index contributed by atoms with van der Waals surface area (Å²) in [6, 6.07) is 28.2. The fourth-order valence-corrected chi connectivity index (χ4v) is 7.25. The van der Waals surface area contributed by atoms with Gasteiger partial charge >= 0.3 is 0 Å². The molecule has 3 aliphatic heterocycles. The molecular formula is C36H30N2O4. The third-order valence-electron chi connectivity index (χ3n) is 9.12. The molecule has 1 N–H and O–H groups in total. The quantitative estimate of drug-likeness (QED) is 0.295. The van der Waals surface area contributed by atoms with Crippen LogP contribution in [0.15, 0.2) is 103 Å². The van der Waals surface area contributed by atoms with Crippen LogP contribution in [0.3, 0.4) is 0 Å². The largest absolute Gasteiger partial charge is 0.497 e. The van der Waals surface area contributed by atoms with Crippen LogP contribution in [0.4, 0.5) is 11.4 Å². The Kier molecular flexibility index (Phi) is 5.91. The van der Waals surface area contributed by atoms with Gasteiger partial charge in [-0.3, -0.25) is 14.4 Å². The summed E-state index contributed by atoms with van der Waals surface area (Å²) >= 11 is 0. The van der Waals surface area contributed by atoms with E-state index in [1.807, 2.05) is 73.3 Å². The van der Waals surface area contributed by atoms with Gasteiger partial charge in [-0.25, -0.2) is 0 Å². The van der Waals surface area contributed by atoms with E-state index >= 15 is 0 Å². The topological polar surface area (TPSA) is 75.7 Å². The van der Waals surface area contributed by atoms with Crippen LogP contribution in [0.2, 0.25) is 0 Å². The Morgan fingerprint density at radius 2 is 1.52 bits per heavy atom. The minimum absolute atomic E-state index is 0.194. The number of methoxy groups -OCH3 is 1. The lowest BCUT2D eigenvalue weighted by Gasteiger charge is -2.39. The highest BCUT2D eigenvalue weighted by atomic mass is 16.5. The molecule has 1 amide bonds. The van der Waals surface area contributed by atoms with Gasteiger partial charge in [-0.1, -0.05) is 66.2 Å². The first kappa shape index (κ1) is 26.0. The number of nitrogens with zero attached hydrogens (tertiary/aromatic N) is 1. The monoisotopic (exact) mass is 554 g/mol. The molecule has 7 rings (SSSR count). The van der Waals surface area contributed by atoms with Crippen molar-refractivity contribution in [2.45, 2.75) is 31.3 Å². The maximum Gasteiger partial charge on any atom is 0.238 e. The van der Waals surface area contributed by atoms with Crippen molar-refractivity contribution in [1.29, 1.82) is 0 Å². The van der Waals surface area contributed by atoms with Gasteiger partial charge in [0.2, 0.25) is 5.91 Å². The van der Waals surface area contributed by atoms with E-state index in [1.165, 1.54) is 0 Å². The highest BCUT2D eigenvalue weighted by Crippen LogP contribution is 2.59. The Labute approximate surface area is 244 Å². The van der Waals surface area contributed by atoms with Crippen LogP contribution in [0.5, 0.6) is 5.75 Å². The first-order chi connectivity index (χ1) is 20.4. The highest BCUT2D eigenvalue weighted by molar-refractivity contribution is 6.18. The Balaban J connectivity index is 1.55. The summed E-state index contributed by atoms with van der Waals surface area (Å²) < 4.78 is 5.34. The average Bonchev–Trinajstić information content (AvgIpc) is 3.49. The van der Waals surface area contributed by atoms with E-state index in [0.717, 1.165) is 28.0 Å². The van der Waals surface area contributed by atoms with E-state index in [-0.39, 0.29) is 17.5 Å². The number of ketones is 2. The van der Waals surface area contributed by atoms with Crippen LogP contribution in [-0.4, -0.2) is 36.7 Å². The molecule has 0 aliphatic carbocycles. The maximum atomic E-state index is 14.9. The molecule has 0 radical (unpaired) electrons. The number of Topliss-reactive ketones (excluding diaryl/α,β-unsaturated/α-hetero) is 2. The van der Waals surface area contributed by atoms with Crippen LogP contribution >= 0.6 is 0 Å². The number of allylic oxidation sites excluding steroid dienone is 1. The number of amides is 1. The standard InChI is InChI=1S/C36H30N2O4/c1-21-13-18-29-26(19-21)22(2)20-30-36(27-11-7-8-12-28(27)37-35(36)41)31(33(39)24-14-16-25(42-3)17-15-24)32(38(29)30)34(40)23-9-5-4-6-10-23/h4-20,30-32H,1-3H3,(H,37,41)/t30-,31+,32-,36+/m1/s1. The fraction of sp³-hybridized carbons (Fsp3) is 0.194. The van der Waals surface area contributed by atoms with Crippen LogP contribution < -0.4 is 15.0 Å². The fourth-order valence-electron chi connectivity index (χ4n) is 7.25. The van der Waals surface area contributed by atoms with Gasteiger partial charge in [0.05, 0.1) is 19.1 Å². The molecule has 0 bridgehead atoms. The summed E-state index contributed by atoms with van der Waals surface area (Å²) in [7, 11) is 1.57. The van der Waals surface area contributed by atoms with Crippen molar-refractivity contribution in [3.8, 4) is 5.75 Å². The summed E-state index contributed by atoms with van der Waals surface area (Å²) in [4.78, 5) is 46.1. The predicted octanol–water partition coefficient (Wildman–Crippen LogP) is 6.25. The predicted molar refractivity (Wildman–Crippen MR) is 163 cm³/mol. The summed E-state index contributed by atoms with van der Waals surface area (Å²) in [5.74, 6) is -1.11. The van der Waals surface area contributed by atoms with E-state index in [0.29, 0.717) is 22.6 Å². The Morgan fingerprint density at radius 1 is 0.833 bits per heavy atom. The molecule has 4 atom stereocenters. The van der Waals surface area contributed by atoms with Crippen LogP contribution in [0, 0.1) is 12.8 Å². The Hall–Kier alpha value is -4.97. The molecule has 1 spiro atoms. The minimum Gasteiger partial charge on any atom is -0.497 e. The first-order valence-electron chi connectivity index (χ1n) is 14.1. The normalized spacial score (nSPS) is 23.5. The molecule has 42 heavy (non-hydrogen) atoms. The molecule has 1 fully saturated rings. The average molecular weight is 555 g/mol. The summed E-state index contributed by atoms with van der Waals surface area (Å²) in [5.41, 5.74) is 4.93. The van der Waals surface area contributed by atoms with E-state index < -0.39 is 23.4 Å². The zero-order valence-corrected chi connectivity index (χ0v) is 23.6. The van der Waals surface area contributed by atoms with Gasteiger partial charge in [-0.05, 0) is 67.4 Å². The lowest BCUT2D eigenvalue weighted by Crippen LogP contribution is -2.51. The number of benzene rings is 4. The van der Waals surface area contributed by atoms with Gasteiger partial charge in [0.25, 0.3) is 0 Å². The van der Waals surface area contributed by atoms with Crippen molar-refractivity contribution in [3.05, 3.63) is 131 Å². The van der Waals surface area contributed by atoms with Gasteiger partial charge in [-0.15, -0.1) is 0 Å². The SMILES string of the molecule is COc1ccc(C(=O)[C@@H]2[C@H](C(=O)c3ccccc3)N3c4ccc(C)cc4C(C)=C[C@@H]3[C@]23C(=O)Nc2ccccc23)cc1. The third kappa shape index (κ3) is 3.54. The van der Waals surface area contributed by atoms with Gasteiger partial charge < -0.3 is 15.0 Å². The zero-order chi connectivity index (χ0) is 29.2. The van der Waals surface area contributed by atoms with Crippen molar-refractivity contribution in [3.63, 3.8) is 0 Å². The number of nitrogens with one attached hydrogen (secondary N) is 1. The molecule has 6 heteroatoms. The van der Waals surface area contributed by atoms with Crippen molar-refractivity contribution in [2.24, 2.45) is 5.92 Å². The highest BCUT2D eigenvalue weighted by Gasteiger charge is 2.70. The number of carbonyl (C=O) groups excluding carboxylic acids is 3. The second kappa shape index (κ2) is 9.55. The number of hydrogen-bond acceptors (Lipinski definition) is 5. The molecule has 3 aliphatic rings. The molecule has 0 unspecified atom stereocenters. The van der Waals surface area contributed by atoms with Gasteiger partial charge in [0.15, 0.2) is 11.6 Å². The summed E-state index contributed by atoms with van der Waals surface area (Å²) in [5, 5.41) is 3.09. The zero-order valence-electron chi connectivity index (χ0n) is 23.6. The number of carbonyl (C=O) groups is 3. The molecule has 4 aromatic carbocycles. The molecule has 3 heterocycles. The second-order valence-corrected chi connectivity index (χ2v) is 11.3. The maximum absolute atomic E-state index is 14.9. The molecule has 6 nitrogen and oxygen atoms in total. The van der Waals surface area contributed by atoms with Crippen LogP contribution in [0.25, 0.3) is 5.57 Å². The number of para-hydroxylation sites is 1. The van der Waals surface area contributed by atoms with E-state index in [2.05, 4.69) is 17.5 Å². The molecule has 0 aromatic heterocycles. The smallest absolute Gasteiger partial charge is 0.238 e. The van der Waals surface area contributed by atoms with E-state index in [1.54, 1.807) is 43.5 Å². The van der Waals surface area contributed by atoms with Gasteiger partial charge in [-0.2, -0.15) is 0 Å². The third-order valence-corrected chi connectivity index (χ3v) is 9.12. The van der Waals surface area contributed by atoms with Crippen LogP contribution in [0.1, 0.15) is 44.3 Å². The number of aryl methyl sites for hydroxylation is 1. The van der Waals surface area contributed by atoms with Gasteiger partial charge in [0, 0.05) is 28.1 Å². The molecular weight excluding hydrogens is 524 g/mol. The number of hydrogen-bond donors (Lipinski definition) is 1. The van der Waals surface area contributed by atoms with Crippen LogP contribution in [-0.2, 0) is 10.2 Å². The molecule has 208 valence electrons. The minimum atomic E-state index is -1.34. The first-order valence-corrected chi connectivity index (χ1v) is 14.1. The molecule has 1 saturated heterocycles.